The van der Waals surface area contributed by atoms with Crippen LogP contribution in [0.3, 0.4) is 0 Å². The van der Waals surface area contributed by atoms with E-state index in [1.165, 1.54) is 0 Å². The third-order valence-electron chi connectivity index (χ3n) is 2.76. The molecule has 0 aliphatic rings. The molecular formula is C14H16ClNOS. The molecule has 0 amide bonds. The van der Waals surface area contributed by atoms with E-state index in [9.17, 15) is 0 Å². The summed E-state index contributed by atoms with van der Waals surface area (Å²) in [4.78, 5) is 1.14. The molecule has 1 aromatic carbocycles. The largest absolute Gasteiger partial charge is 0.468 e. The van der Waals surface area contributed by atoms with E-state index in [1.807, 2.05) is 36.4 Å². The van der Waals surface area contributed by atoms with E-state index in [1.54, 1.807) is 18.0 Å². The molecule has 2 atom stereocenters. The van der Waals surface area contributed by atoms with Crippen LogP contribution in [0.5, 0.6) is 0 Å². The van der Waals surface area contributed by atoms with E-state index in [2.05, 4.69) is 6.92 Å². The van der Waals surface area contributed by atoms with Gasteiger partial charge in [-0.2, -0.15) is 0 Å². The molecule has 0 aliphatic carbocycles. The van der Waals surface area contributed by atoms with E-state index >= 15 is 0 Å². The first-order valence-electron chi connectivity index (χ1n) is 5.92. The van der Waals surface area contributed by atoms with Gasteiger partial charge in [-0.3, -0.25) is 0 Å². The molecule has 0 saturated heterocycles. The van der Waals surface area contributed by atoms with Crippen molar-refractivity contribution in [3.8, 4) is 0 Å². The van der Waals surface area contributed by atoms with Crippen LogP contribution in [0.4, 0.5) is 0 Å². The van der Waals surface area contributed by atoms with Crippen molar-refractivity contribution < 1.29 is 4.42 Å². The molecule has 0 bridgehead atoms. The lowest BCUT2D eigenvalue weighted by Crippen LogP contribution is -2.25. The van der Waals surface area contributed by atoms with Crippen molar-refractivity contribution in [1.82, 2.24) is 0 Å². The maximum atomic E-state index is 6.18. The van der Waals surface area contributed by atoms with Crippen LogP contribution in [-0.4, -0.2) is 6.04 Å². The van der Waals surface area contributed by atoms with Gasteiger partial charge in [0.05, 0.1) is 11.5 Å². The SMILES string of the molecule is CCC(N)C(Sc1ccc(Cl)cc1)c1ccco1. The Morgan fingerprint density at radius 1 is 1.28 bits per heavy atom. The van der Waals surface area contributed by atoms with E-state index < -0.39 is 0 Å². The van der Waals surface area contributed by atoms with Crippen LogP contribution >= 0.6 is 23.4 Å². The van der Waals surface area contributed by atoms with Crippen LogP contribution in [0, 0.1) is 0 Å². The fraction of sp³-hybridized carbons (Fsp3) is 0.286. The lowest BCUT2D eigenvalue weighted by Gasteiger charge is -2.20. The molecule has 2 aromatic rings. The van der Waals surface area contributed by atoms with Crippen LogP contribution in [0.1, 0.15) is 24.4 Å². The zero-order valence-electron chi connectivity index (χ0n) is 10.2. The highest BCUT2D eigenvalue weighted by Gasteiger charge is 2.22. The Kier molecular flexibility index (Phi) is 4.75. The Morgan fingerprint density at radius 3 is 2.56 bits per heavy atom. The van der Waals surface area contributed by atoms with E-state index in [0.29, 0.717) is 0 Å². The standard InChI is InChI=1S/C14H16ClNOS/c1-2-12(16)14(13-4-3-9-17-13)18-11-7-5-10(15)6-8-11/h3-9,12,14H,2,16H2,1H3. The minimum absolute atomic E-state index is 0.0665. The van der Waals surface area contributed by atoms with Crippen molar-refractivity contribution in [3.05, 3.63) is 53.4 Å². The minimum atomic E-state index is 0.0665. The summed E-state index contributed by atoms with van der Waals surface area (Å²) in [6.07, 6.45) is 2.60. The number of thioether (sulfide) groups is 1. The van der Waals surface area contributed by atoms with Gasteiger partial charge in [0.2, 0.25) is 0 Å². The summed E-state index contributed by atoms with van der Waals surface area (Å²) in [5.74, 6) is 0.921. The molecule has 0 fully saturated rings. The van der Waals surface area contributed by atoms with Crippen molar-refractivity contribution in [1.29, 1.82) is 0 Å². The van der Waals surface area contributed by atoms with E-state index in [-0.39, 0.29) is 11.3 Å². The molecule has 1 heterocycles. The number of furan rings is 1. The quantitative estimate of drug-likeness (QED) is 0.820. The van der Waals surface area contributed by atoms with Crippen LogP contribution < -0.4 is 5.73 Å². The lowest BCUT2D eigenvalue weighted by molar-refractivity contribution is 0.474. The number of nitrogens with two attached hydrogens (primary N) is 1. The van der Waals surface area contributed by atoms with Gasteiger partial charge in [-0.05, 0) is 42.8 Å². The van der Waals surface area contributed by atoms with Gasteiger partial charge in [-0.1, -0.05) is 18.5 Å². The second-order valence-electron chi connectivity index (χ2n) is 4.08. The molecule has 2 rings (SSSR count). The molecular weight excluding hydrogens is 266 g/mol. The number of rotatable bonds is 5. The van der Waals surface area contributed by atoms with Crippen LogP contribution in [-0.2, 0) is 0 Å². The van der Waals surface area contributed by atoms with E-state index in [4.69, 9.17) is 21.8 Å². The number of hydrogen-bond donors (Lipinski definition) is 1. The van der Waals surface area contributed by atoms with Gasteiger partial charge in [0, 0.05) is 16.0 Å². The molecule has 0 saturated carbocycles. The first kappa shape index (κ1) is 13.5. The Hall–Kier alpha value is -0.900. The summed E-state index contributed by atoms with van der Waals surface area (Å²) in [5, 5.41) is 0.875. The molecule has 0 spiro atoms. The van der Waals surface area contributed by atoms with Crippen LogP contribution in [0.25, 0.3) is 0 Å². The Morgan fingerprint density at radius 2 is 2.00 bits per heavy atom. The van der Waals surface area contributed by atoms with Gasteiger partial charge in [-0.15, -0.1) is 11.8 Å². The maximum absolute atomic E-state index is 6.18. The summed E-state index contributed by atoms with van der Waals surface area (Å²) in [5.41, 5.74) is 6.18. The molecule has 2 unspecified atom stereocenters. The van der Waals surface area contributed by atoms with Crippen LogP contribution in [0.2, 0.25) is 5.02 Å². The monoisotopic (exact) mass is 281 g/mol. The summed E-state index contributed by atoms with van der Waals surface area (Å²) in [6.45, 7) is 2.09. The Labute approximate surface area is 117 Å². The smallest absolute Gasteiger partial charge is 0.118 e. The van der Waals surface area contributed by atoms with Crippen molar-refractivity contribution >= 4 is 23.4 Å². The lowest BCUT2D eigenvalue weighted by atomic mass is 10.1. The van der Waals surface area contributed by atoms with Crippen molar-refractivity contribution in [3.63, 3.8) is 0 Å². The number of hydrogen-bond acceptors (Lipinski definition) is 3. The van der Waals surface area contributed by atoms with Crippen LogP contribution in [0.15, 0.2) is 52.0 Å². The predicted octanol–water partition coefficient (Wildman–Crippen LogP) is 4.50. The molecule has 4 heteroatoms. The summed E-state index contributed by atoms with van der Waals surface area (Å²) in [7, 11) is 0. The van der Waals surface area contributed by atoms with Crippen molar-refractivity contribution in [2.45, 2.75) is 29.5 Å². The van der Waals surface area contributed by atoms with Gasteiger partial charge in [0.15, 0.2) is 0 Å². The zero-order chi connectivity index (χ0) is 13.0. The third-order valence-corrected chi connectivity index (χ3v) is 4.39. The average molecular weight is 282 g/mol. The van der Waals surface area contributed by atoms with Gasteiger partial charge in [0.1, 0.15) is 5.76 Å². The molecule has 96 valence electrons. The maximum Gasteiger partial charge on any atom is 0.118 e. The third kappa shape index (κ3) is 3.31. The molecule has 18 heavy (non-hydrogen) atoms. The van der Waals surface area contributed by atoms with Gasteiger partial charge in [0.25, 0.3) is 0 Å². The molecule has 0 radical (unpaired) electrons. The van der Waals surface area contributed by atoms with Gasteiger partial charge < -0.3 is 10.2 Å². The van der Waals surface area contributed by atoms with Crippen molar-refractivity contribution in [2.75, 3.05) is 0 Å². The number of benzene rings is 1. The summed E-state index contributed by atoms with van der Waals surface area (Å²) < 4.78 is 5.49. The fourth-order valence-corrected chi connectivity index (χ4v) is 3.01. The van der Waals surface area contributed by atoms with E-state index in [0.717, 1.165) is 22.1 Å². The molecule has 1 aromatic heterocycles. The first-order valence-corrected chi connectivity index (χ1v) is 7.17. The van der Waals surface area contributed by atoms with Crippen molar-refractivity contribution in [2.24, 2.45) is 5.73 Å². The zero-order valence-corrected chi connectivity index (χ0v) is 11.7. The highest BCUT2D eigenvalue weighted by atomic mass is 35.5. The summed E-state index contributed by atoms with van der Waals surface area (Å²) >= 11 is 7.60. The first-order chi connectivity index (χ1) is 8.70. The highest BCUT2D eigenvalue weighted by molar-refractivity contribution is 7.99. The van der Waals surface area contributed by atoms with Gasteiger partial charge >= 0.3 is 0 Å². The average Bonchev–Trinajstić information content (AvgIpc) is 2.91. The second-order valence-corrected chi connectivity index (χ2v) is 5.73. The molecule has 2 nitrogen and oxygen atoms in total. The molecule has 0 aliphatic heterocycles. The molecule has 2 N–H and O–H groups in total. The van der Waals surface area contributed by atoms with Gasteiger partial charge in [-0.25, -0.2) is 0 Å². The summed E-state index contributed by atoms with van der Waals surface area (Å²) in [6, 6.07) is 11.7. The normalized spacial score (nSPS) is 14.4. The minimum Gasteiger partial charge on any atom is -0.468 e. The highest BCUT2D eigenvalue weighted by Crippen LogP contribution is 2.38. The predicted molar refractivity (Wildman–Crippen MR) is 77.0 cm³/mol. The second kappa shape index (κ2) is 6.32. The Bertz CT molecular complexity index is 469. The Balaban J connectivity index is 2.17. The topological polar surface area (TPSA) is 39.2 Å². The fourth-order valence-electron chi connectivity index (χ4n) is 1.68. The number of halogens is 1.